The van der Waals surface area contributed by atoms with Crippen LogP contribution in [0.25, 0.3) is 0 Å². The molecule has 0 aliphatic carbocycles. The molecular formula is C17H33N3O. The van der Waals surface area contributed by atoms with Crippen molar-refractivity contribution in [2.24, 2.45) is 5.92 Å². The Kier molecular flexibility index (Phi) is 6.72. The largest absolute Gasteiger partial charge is 0.432 e. The molecule has 4 heteroatoms. The maximum absolute atomic E-state index is 5.75. The van der Waals surface area contributed by atoms with Gasteiger partial charge in [-0.2, -0.15) is 4.98 Å². The average Bonchev–Trinajstić information content (AvgIpc) is 2.84. The molecule has 4 nitrogen and oxygen atoms in total. The van der Waals surface area contributed by atoms with E-state index in [9.17, 15) is 0 Å². The monoisotopic (exact) mass is 295 g/mol. The topological polar surface area (TPSA) is 41.3 Å². The van der Waals surface area contributed by atoms with Gasteiger partial charge in [-0.25, -0.2) is 0 Å². The maximum Gasteiger partial charge on any atom is 0.297 e. The van der Waals surface area contributed by atoms with E-state index in [2.05, 4.69) is 63.7 Å². The van der Waals surface area contributed by atoms with Crippen molar-refractivity contribution in [3.05, 3.63) is 12.0 Å². The highest BCUT2D eigenvalue weighted by Gasteiger charge is 2.21. The SMILES string of the molecule is CCC(CC)N(CC(C)C)c1nc(CNC(C)(C)C)co1. The molecule has 1 aromatic heterocycles. The summed E-state index contributed by atoms with van der Waals surface area (Å²) < 4.78 is 5.75. The van der Waals surface area contributed by atoms with Crippen LogP contribution in [0.1, 0.15) is 67.0 Å². The molecule has 0 unspecified atom stereocenters. The number of nitrogens with zero attached hydrogens (tertiary/aromatic N) is 2. The lowest BCUT2D eigenvalue weighted by Crippen LogP contribution is -2.38. The number of nitrogens with one attached hydrogen (secondary N) is 1. The Morgan fingerprint density at radius 1 is 1.24 bits per heavy atom. The van der Waals surface area contributed by atoms with Crippen molar-refractivity contribution in [3.63, 3.8) is 0 Å². The number of rotatable bonds is 8. The molecule has 0 amide bonds. The molecule has 1 rings (SSSR count). The van der Waals surface area contributed by atoms with Gasteiger partial charge in [0.2, 0.25) is 0 Å². The highest BCUT2D eigenvalue weighted by Crippen LogP contribution is 2.21. The summed E-state index contributed by atoms with van der Waals surface area (Å²) in [6.45, 7) is 17.1. The van der Waals surface area contributed by atoms with E-state index in [0.29, 0.717) is 12.0 Å². The predicted molar refractivity (Wildman–Crippen MR) is 89.6 cm³/mol. The molecule has 0 aromatic carbocycles. The summed E-state index contributed by atoms with van der Waals surface area (Å²) in [7, 11) is 0. The molecule has 0 atom stereocenters. The van der Waals surface area contributed by atoms with Crippen LogP contribution in [0, 0.1) is 5.92 Å². The lowest BCUT2D eigenvalue weighted by molar-refractivity contribution is 0.420. The lowest BCUT2D eigenvalue weighted by Gasteiger charge is -2.30. The molecule has 1 aromatic rings. The van der Waals surface area contributed by atoms with E-state index in [1.54, 1.807) is 6.26 Å². The summed E-state index contributed by atoms with van der Waals surface area (Å²) in [6.07, 6.45) is 4.01. The summed E-state index contributed by atoms with van der Waals surface area (Å²) in [4.78, 5) is 7.00. The first-order chi connectivity index (χ1) is 9.76. The van der Waals surface area contributed by atoms with Crippen LogP contribution in [0.4, 0.5) is 6.01 Å². The van der Waals surface area contributed by atoms with Gasteiger partial charge in [0.1, 0.15) is 6.26 Å². The Morgan fingerprint density at radius 3 is 2.33 bits per heavy atom. The van der Waals surface area contributed by atoms with Crippen molar-refractivity contribution in [1.82, 2.24) is 10.3 Å². The van der Waals surface area contributed by atoms with Crippen molar-refractivity contribution < 1.29 is 4.42 Å². The van der Waals surface area contributed by atoms with Gasteiger partial charge in [0.05, 0.1) is 5.69 Å². The van der Waals surface area contributed by atoms with Gasteiger partial charge in [-0.1, -0.05) is 27.7 Å². The van der Waals surface area contributed by atoms with Gasteiger partial charge in [0, 0.05) is 24.7 Å². The highest BCUT2D eigenvalue weighted by molar-refractivity contribution is 5.29. The zero-order valence-corrected chi connectivity index (χ0v) is 14.9. The zero-order valence-electron chi connectivity index (χ0n) is 14.9. The Hall–Kier alpha value is -1.03. The minimum atomic E-state index is 0.0894. The third-order valence-electron chi connectivity index (χ3n) is 3.53. The van der Waals surface area contributed by atoms with Gasteiger partial charge >= 0.3 is 0 Å². The second-order valence-corrected chi connectivity index (χ2v) is 7.24. The second-order valence-electron chi connectivity index (χ2n) is 7.24. The van der Waals surface area contributed by atoms with Crippen LogP contribution in [0.2, 0.25) is 0 Å². The number of hydrogen-bond acceptors (Lipinski definition) is 4. The van der Waals surface area contributed by atoms with E-state index >= 15 is 0 Å². The van der Waals surface area contributed by atoms with E-state index in [1.165, 1.54) is 0 Å². The van der Waals surface area contributed by atoms with Crippen molar-refractivity contribution in [2.45, 2.75) is 79.4 Å². The van der Waals surface area contributed by atoms with Gasteiger partial charge in [-0.15, -0.1) is 0 Å². The predicted octanol–water partition coefficient (Wildman–Crippen LogP) is 4.21. The Labute approximate surface area is 130 Å². The third-order valence-corrected chi connectivity index (χ3v) is 3.53. The first-order valence-corrected chi connectivity index (χ1v) is 8.22. The molecule has 21 heavy (non-hydrogen) atoms. The van der Waals surface area contributed by atoms with Gasteiger partial charge in [-0.3, -0.25) is 0 Å². The number of hydrogen-bond donors (Lipinski definition) is 1. The van der Waals surface area contributed by atoms with Crippen LogP contribution < -0.4 is 10.2 Å². The molecule has 0 saturated heterocycles. The van der Waals surface area contributed by atoms with Gasteiger partial charge < -0.3 is 14.6 Å². The molecule has 0 fully saturated rings. The Morgan fingerprint density at radius 2 is 1.86 bits per heavy atom. The van der Waals surface area contributed by atoms with E-state index in [4.69, 9.17) is 4.42 Å². The molecule has 0 aliphatic rings. The van der Waals surface area contributed by atoms with E-state index in [-0.39, 0.29) is 5.54 Å². The summed E-state index contributed by atoms with van der Waals surface area (Å²) in [6, 6.07) is 1.26. The molecule has 0 spiro atoms. The minimum Gasteiger partial charge on any atom is -0.432 e. The standard InChI is InChI=1S/C17H33N3O/c1-8-15(9-2)20(11-13(3)4)16-19-14(12-21-16)10-18-17(5,6)7/h12-13,15,18H,8-11H2,1-7H3. The molecule has 0 saturated carbocycles. The number of aromatic nitrogens is 1. The van der Waals surface area contributed by atoms with E-state index < -0.39 is 0 Å². The van der Waals surface area contributed by atoms with Crippen molar-refractivity contribution in [2.75, 3.05) is 11.4 Å². The summed E-state index contributed by atoms with van der Waals surface area (Å²) in [5.74, 6) is 0.591. The molecule has 1 N–H and O–H groups in total. The lowest BCUT2D eigenvalue weighted by atomic mass is 10.1. The molecule has 0 bridgehead atoms. The van der Waals surface area contributed by atoms with Gasteiger partial charge in [0.15, 0.2) is 0 Å². The van der Waals surface area contributed by atoms with Crippen LogP contribution in [0.15, 0.2) is 10.7 Å². The molecular weight excluding hydrogens is 262 g/mol. The normalized spacial score (nSPS) is 12.4. The van der Waals surface area contributed by atoms with Crippen molar-refractivity contribution in [1.29, 1.82) is 0 Å². The van der Waals surface area contributed by atoms with Gasteiger partial charge in [-0.05, 0) is 39.5 Å². The smallest absolute Gasteiger partial charge is 0.297 e. The first-order valence-electron chi connectivity index (χ1n) is 8.22. The molecule has 1 heterocycles. The minimum absolute atomic E-state index is 0.0894. The Balaban J connectivity index is 2.81. The third kappa shape index (κ3) is 6.08. The molecule has 0 aliphatic heterocycles. The fraction of sp³-hybridized carbons (Fsp3) is 0.824. The fourth-order valence-electron chi connectivity index (χ4n) is 2.37. The molecule has 0 radical (unpaired) electrons. The van der Waals surface area contributed by atoms with Crippen molar-refractivity contribution >= 4 is 6.01 Å². The van der Waals surface area contributed by atoms with E-state index in [1.807, 2.05) is 0 Å². The molecule has 122 valence electrons. The van der Waals surface area contributed by atoms with Gasteiger partial charge in [0.25, 0.3) is 6.01 Å². The van der Waals surface area contributed by atoms with Crippen LogP contribution in [-0.2, 0) is 6.54 Å². The van der Waals surface area contributed by atoms with Crippen LogP contribution >= 0.6 is 0 Å². The van der Waals surface area contributed by atoms with Crippen LogP contribution in [-0.4, -0.2) is 23.1 Å². The number of oxazole rings is 1. The quantitative estimate of drug-likeness (QED) is 0.780. The van der Waals surface area contributed by atoms with Crippen molar-refractivity contribution in [3.8, 4) is 0 Å². The fourth-order valence-corrected chi connectivity index (χ4v) is 2.37. The zero-order chi connectivity index (χ0) is 16.0. The maximum atomic E-state index is 5.75. The average molecular weight is 295 g/mol. The summed E-state index contributed by atoms with van der Waals surface area (Å²) in [5, 5.41) is 3.45. The Bertz CT molecular complexity index is 402. The summed E-state index contributed by atoms with van der Waals surface area (Å²) in [5.41, 5.74) is 1.06. The first kappa shape index (κ1) is 18.0. The van der Waals surface area contributed by atoms with Crippen LogP contribution in [0.5, 0.6) is 0 Å². The second kappa shape index (κ2) is 7.83. The van der Waals surface area contributed by atoms with Crippen LogP contribution in [0.3, 0.4) is 0 Å². The highest BCUT2D eigenvalue weighted by atomic mass is 16.4. The van der Waals surface area contributed by atoms with E-state index in [0.717, 1.165) is 37.6 Å². The number of anilines is 1. The summed E-state index contributed by atoms with van der Waals surface area (Å²) >= 11 is 0.